The Labute approximate surface area is 142 Å². The third kappa shape index (κ3) is 5.59. The lowest BCUT2D eigenvalue weighted by Crippen LogP contribution is -2.37. The van der Waals surface area contributed by atoms with E-state index in [1.807, 2.05) is 42.5 Å². The molecule has 0 radical (unpaired) electrons. The molecule has 0 aromatic heterocycles. The molecule has 5 heteroatoms. The number of carbonyl (C=O) groups is 1. The molecule has 0 bridgehead atoms. The lowest BCUT2D eigenvalue weighted by atomic mass is 10.1. The second kappa shape index (κ2) is 8.36. The summed E-state index contributed by atoms with van der Waals surface area (Å²) >= 11 is 0. The van der Waals surface area contributed by atoms with Crippen LogP contribution in [0.5, 0.6) is 11.5 Å². The maximum atomic E-state index is 11.1. The van der Waals surface area contributed by atoms with Crippen LogP contribution in [0.3, 0.4) is 0 Å². The number of carboxylic acid groups (broad SMARTS) is 1. The molecule has 0 saturated carbocycles. The van der Waals surface area contributed by atoms with E-state index in [1.54, 1.807) is 12.1 Å². The molecular formula is C19H23NO4. The molecule has 0 unspecified atom stereocenters. The van der Waals surface area contributed by atoms with Crippen LogP contribution in [0, 0.1) is 0 Å². The van der Waals surface area contributed by atoms with Crippen molar-refractivity contribution in [3.8, 4) is 11.5 Å². The summed E-state index contributed by atoms with van der Waals surface area (Å²) < 4.78 is 11.1. The van der Waals surface area contributed by atoms with Gasteiger partial charge in [-0.15, -0.1) is 0 Å². The Bertz CT molecular complexity index is 638. The van der Waals surface area contributed by atoms with Crippen LogP contribution in [0.1, 0.15) is 19.4 Å². The van der Waals surface area contributed by atoms with Gasteiger partial charge in [-0.25, -0.2) is 4.79 Å². The predicted octanol–water partition coefficient (Wildman–Crippen LogP) is 3.10. The fraction of sp³-hybridized carbons (Fsp3) is 0.316. The fourth-order valence-electron chi connectivity index (χ4n) is 2.00. The van der Waals surface area contributed by atoms with Crippen molar-refractivity contribution >= 4 is 5.97 Å². The van der Waals surface area contributed by atoms with E-state index in [4.69, 9.17) is 14.6 Å². The molecule has 0 heterocycles. The van der Waals surface area contributed by atoms with E-state index in [0.717, 1.165) is 17.9 Å². The van der Waals surface area contributed by atoms with Gasteiger partial charge in [-0.1, -0.05) is 30.3 Å². The van der Waals surface area contributed by atoms with Gasteiger partial charge in [0.15, 0.2) is 5.60 Å². The van der Waals surface area contributed by atoms with Crippen LogP contribution in [0.4, 0.5) is 0 Å². The van der Waals surface area contributed by atoms with Gasteiger partial charge in [-0.2, -0.15) is 0 Å². The highest BCUT2D eigenvalue weighted by Gasteiger charge is 2.29. The molecule has 0 atom stereocenters. The average Bonchev–Trinajstić information content (AvgIpc) is 2.56. The van der Waals surface area contributed by atoms with Crippen LogP contribution in [-0.4, -0.2) is 29.8 Å². The van der Waals surface area contributed by atoms with Crippen molar-refractivity contribution in [1.29, 1.82) is 0 Å². The second-order valence-corrected chi connectivity index (χ2v) is 5.90. The van der Waals surface area contributed by atoms with Crippen molar-refractivity contribution in [2.45, 2.75) is 26.0 Å². The van der Waals surface area contributed by atoms with Crippen LogP contribution in [0.15, 0.2) is 54.6 Å². The topological polar surface area (TPSA) is 67.8 Å². The van der Waals surface area contributed by atoms with E-state index in [1.165, 1.54) is 13.8 Å². The molecule has 2 rings (SSSR count). The summed E-state index contributed by atoms with van der Waals surface area (Å²) in [4.78, 5) is 11.1. The van der Waals surface area contributed by atoms with Gasteiger partial charge in [0.2, 0.25) is 0 Å². The van der Waals surface area contributed by atoms with Crippen LogP contribution in [0.2, 0.25) is 0 Å². The number of aliphatic carboxylic acids is 1. The predicted molar refractivity (Wildman–Crippen MR) is 92.4 cm³/mol. The van der Waals surface area contributed by atoms with Gasteiger partial charge in [-0.05, 0) is 43.7 Å². The summed E-state index contributed by atoms with van der Waals surface area (Å²) in [6.07, 6.45) is 0. The minimum Gasteiger partial charge on any atom is -0.492 e. The summed E-state index contributed by atoms with van der Waals surface area (Å²) in [5.74, 6) is 0.409. The average molecular weight is 329 g/mol. The molecule has 2 N–H and O–H groups in total. The third-order valence-corrected chi connectivity index (χ3v) is 3.43. The highest BCUT2D eigenvalue weighted by atomic mass is 16.5. The first-order chi connectivity index (χ1) is 11.5. The summed E-state index contributed by atoms with van der Waals surface area (Å²) in [5.41, 5.74) is -0.149. The molecule has 0 spiro atoms. The van der Waals surface area contributed by atoms with E-state index < -0.39 is 11.6 Å². The van der Waals surface area contributed by atoms with Gasteiger partial charge in [0.25, 0.3) is 0 Å². The summed E-state index contributed by atoms with van der Waals surface area (Å²) in [5, 5.41) is 12.4. The highest BCUT2D eigenvalue weighted by Crippen LogP contribution is 2.19. The minimum atomic E-state index is -1.24. The summed E-state index contributed by atoms with van der Waals surface area (Å²) in [7, 11) is 0. The SMILES string of the molecule is CC(C)(Oc1ccc(CNCCOc2ccccc2)cc1)C(=O)O. The van der Waals surface area contributed by atoms with Gasteiger partial charge >= 0.3 is 5.97 Å². The maximum absolute atomic E-state index is 11.1. The third-order valence-electron chi connectivity index (χ3n) is 3.43. The first kappa shape index (κ1) is 17.8. The summed E-state index contributed by atoms with van der Waals surface area (Å²) in [6, 6.07) is 17.1. The Morgan fingerprint density at radius 2 is 1.71 bits per heavy atom. The van der Waals surface area contributed by atoms with Crippen molar-refractivity contribution in [2.75, 3.05) is 13.2 Å². The van der Waals surface area contributed by atoms with Gasteiger partial charge in [0.1, 0.15) is 18.1 Å². The van der Waals surface area contributed by atoms with Gasteiger partial charge in [0.05, 0.1) is 0 Å². The number of carboxylic acids is 1. The van der Waals surface area contributed by atoms with Gasteiger partial charge in [0, 0.05) is 13.1 Å². The zero-order valence-electron chi connectivity index (χ0n) is 14.0. The Morgan fingerprint density at radius 1 is 1.04 bits per heavy atom. The zero-order chi connectivity index (χ0) is 17.4. The highest BCUT2D eigenvalue weighted by molar-refractivity contribution is 5.76. The molecule has 2 aromatic carbocycles. The lowest BCUT2D eigenvalue weighted by Gasteiger charge is -2.21. The van der Waals surface area contributed by atoms with E-state index in [2.05, 4.69) is 5.32 Å². The fourth-order valence-corrected chi connectivity index (χ4v) is 2.00. The smallest absolute Gasteiger partial charge is 0.347 e. The van der Waals surface area contributed by atoms with Gasteiger partial charge < -0.3 is 19.9 Å². The summed E-state index contributed by atoms with van der Waals surface area (Å²) in [6.45, 7) is 5.09. The Hall–Kier alpha value is -2.53. The lowest BCUT2D eigenvalue weighted by molar-refractivity contribution is -0.152. The van der Waals surface area contributed by atoms with Crippen LogP contribution in [0.25, 0.3) is 0 Å². The van der Waals surface area contributed by atoms with E-state index in [-0.39, 0.29) is 0 Å². The maximum Gasteiger partial charge on any atom is 0.347 e. The number of ether oxygens (including phenoxy) is 2. The first-order valence-electron chi connectivity index (χ1n) is 7.87. The van der Waals surface area contributed by atoms with Crippen molar-refractivity contribution in [1.82, 2.24) is 5.32 Å². The van der Waals surface area contributed by atoms with Crippen LogP contribution >= 0.6 is 0 Å². The van der Waals surface area contributed by atoms with E-state index in [9.17, 15) is 4.79 Å². The van der Waals surface area contributed by atoms with Gasteiger partial charge in [-0.3, -0.25) is 0 Å². The van der Waals surface area contributed by atoms with Crippen molar-refractivity contribution < 1.29 is 19.4 Å². The van der Waals surface area contributed by atoms with Crippen molar-refractivity contribution in [3.05, 3.63) is 60.2 Å². The number of hydrogen-bond donors (Lipinski definition) is 2. The van der Waals surface area contributed by atoms with Crippen LogP contribution < -0.4 is 14.8 Å². The molecule has 0 aliphatic rings. The molecule has 0 aliphatic carbocycles. The molecule has 0 fully saturated rings. The zero-order valence-corrected chi connectivity index (χ0v) is 14.0. The van der Waals surface area contributed by atoms with E-state index in [0.29, 0.717) is 18.9 Å². The number of hydrogen-bond acceptors (Lipinski definition) is 4. The molecule has 0 aliphatic heterocycles. The number of nitrogens with one attached hydrogen (secondary N) is 1. The number of para-hydroxylation sites is 1. The second-order valence-electron chi connectivity index (χ2n) is 5.90. The number of benzene rings is 2. The van der Waals surface area contributed by atoms with Crippen molar-refractivity contribution in [2.24, 2.45) is 0 Å². The van der Waals surface area contributed by atoms with Crippen molar-refractivity contribution in [3.63, 3.8) is 0 Å². The van der Waals surface area contributed by atoms with Crippen LogP contribution in [-0.2, 0) is 11.3 Å². The monoisotopic (exact) mass is 329 g/mol. The molecule has 0 amide bonds. The minimum absolute atomic E-state index is 0.540. The Morgan fingerprint density at radius 3 is 2.33 bits per heavy atom. The Kier molecular flexibility index (Phi) is 6.21. The first-order valence-corrected chi connectivity index (χ1v) is 7.87. The number of rotatable bonds is 9. The Balaban J connectivity index is 1.71. The molecule has 0 saturated heterocycles. The molecule has 2 aromatic rings. The largest absolute Gasteiger partial charge is 0.492 e. The quantitative estimate of drug-likeness (QED) is 0.692. The molecule has 5 nitrogen and oxygen atoms in total. The standard InChI is InChI=1S/C19H23NO4/c1-19(2,18(21)22)24-17-10-8-15(9-11-17)14-20-12-13-23-16-6-4-3-5-7-16/h3-11,20H,12-14H2,1-2H3,(H,21,22). The molecule has 24 heavy (non-hydrogen) atoms. The molecule has 128 valence electrons. The molecular weight excluding hydrogens is 306 g/mol. The normalized spacial score (nSPS) is 11.1. The van der Waals surface area contributed by atoms with E-state index >= 15 is 0 Å².